The third kappa shape index (κ3) is 2.79. The molecule has 0 radical (unpaired) electrons. The summed E-state index contributed by atoms with van der Waals surface area (Å²) < 4.78 is 6.90. The first-order valence-corrected chi connectivity index (χ1v) is 8.66. The van der Waals surface area contributed by atoms with Gasteiger partial charge in [0, 0.05) is 34.1 Å². The molecule has 23 heavy (non-hydrogen) atoms. The molecular weight excluding hydrogens is 380 g/mol. The van der Waals surface area contributed by atoms with Gasteiger partial charge in [-0.1, -0.05) is 15.9 Å². The van der Waals surface area contributed by atoms with Gasteiger partial charge in [0.2, 0.25) is 0 Å². The van der Waals surface area contributed by atoms with Gasteiger partial charge in [-0.3, -0.25) is 4.79 Å². The minimum atomic E-state index is 0. The molecule has 124 valence electrons. The van der Waals surface area contributed by atoms with E-state index in [1.165, 1.54) is 0 Å². The Morgan fingerprint density at radius 2 is 2.09 bits per heavy atom. The Morgan fingerprint density at radius 3 is 2.91 bits per heavy atom. The number of hydrogen-bond donors (Lipinski definition) is 1. The fourth-order valence-electron chi connectivity index (χ4n) is 3.83. The predicted molar refractivity (Wildman–Crippen MR) is 96.4 cm³/mol. The lowest BCUT2D eigenvalue weighted by atomic mass is 10.1. The highest BCUT2D eigenvalue weighted by atomic mass is 79.9. The fraction of sp³-hybridized carbons (Fsp3) is 0.471. The summed E-state index contributed by atoms with van der Waals surface area (Å²) >= 11 is 3.48. The van der Waals surface area contributed by atoms with Crippen LogP contribution in [0.1, 0.15) is 35.4 Å². The molecule has 3 heterocycles. The van der Waals surface area contributed by atoms with E-state index in [2.05, 4.69) is 26.1 Å². The van der Waals surface area contributed by atoms with Gasteiger partial charge in [0.05, 0.1) is 0 Å². The van der Waals surface area contributed by atoms with Gasteiger partial charge in [0.15, 0.2) is 5.76 Å². The summed E-state index contributed by atoms with van der Waals surface area (Å²) in [6.45, 7) is 3.87. The van der Waals surface area contributed by atoms with Crippen LogP contribution in [0.3, 0.4) is 0 Å². The van der Waals surface area contributed by atoms with E-state index in [4.69, 9.17) is 4.42 Å². The molecule has 2 aromatic rings. The van der Waals surface area contributed by atoms with Crippen molar-refractivity contribution in [3.05, 3.63) is 34.0 Å². The highest BCUT2D eigenvalue weighted by molar-refractivity contribution is 9.10. The van der Waals surface area contributed by atoms with Crippen LogP contribution in [0, 0.1) is 6.92 Å². The summed E-state index contributed by atoms with van der Waals surface area (Å²) in [6, 6.07) is 6.54. The molecule has 2 aliphatic heterocycles. The monoisotopic (exact) mass is 398 g/mol. The molecule has 0 saturated carbocycles. The van der Waals surface area contributed by atoms with Crippen LogP contribution in [0.5, 0.6) is 0 Å². The molecule has 2 unspecified atom stereocenters. The summed E-state index contributed by atoms with van der Waals surface area (Å²) in [5, 5.41) is 4.45. The second kappa shape index (κ2) is 6.46. The summed E-state index contributed by atoms with van der Waals surface area (Å²) in [6.07, 6.45) is 3.24. The molecule has 2 bridgehead atoms. The molecule has 4 nitrogen and oxygen atoms in total. The lowest BCUT2D eigenvalue weighted by Crippen LogP contribution is -2.42. The van der Waals surface area contributed by atoms with E-state index in [0.717, 1.165) is 53.4 Å². The minimum Gasteiger partial charge on any atom is -0.451 e. The number of fused-ring (bicyclic) bond motifs is 3. The quantitative estimate of drug-likeness (QED) is 0.791. The van der Waals surface area contributed by atoms with Crippen LogP contribution in [0.15, 0.2) is 27.1 Å². The van der Waals surface area contributed by atoms with E-state index in [1.54, 1.807) is 0 Å². The number of hydrogen-bond acceptors (Lipinski definition) is 3. The van der Waals surface area contributed by atoms with E-state index in [-0.39, 0.29) is 18.3 Å². The predicted octanol–water partition coefficient (Wildman–Crippen LogP) is 3.89. The van der Waals surface area contributed by atoms with Crippen LogP contribution in [0.4, 0.5) is 0 Å². The lowest BCUT2D eigenvalue weighted by Gasteiger charge is -2.27. The average Bonchev–Trinajstić information content (AvgIpc) is 2.95. The van der Waals surface area contributed by atoms with E-state index >= 15 is 0 Å². The summed E-state index contributed by atoms with van der Waals surface area (Å²) in [5.74, 6) is 0.563. The van der Waals surface area contributed by atoms with Gasteiger partial charge in [-0.15, -0.1) is 12.4 Å². The van der Waals surface area contributed by atoms with E-state index in [1.807, 2.05) is 25.1 Å². The maximum Gasteiger partial charge on any atom is 0.290 e. The summed E-state index contributed by atoms with van der Waals surface area (Å²) in [4.78, 5) is 15.2. The zero-order chi connectivity index (χ0) is 15.3. The molecular formula is C17H20BrClN2O2. The molecule has 2 atom stereocenters. The number of amides is 1. The Morgan fingerprint density at radius 1 is 1.30 bits per heavy atom. The number of rotatable bonds is 1. The van der Waals surface area contributed by atoms with Crippen molar-refractivity contribution in [1.82, 2.24) is 10.2 Å². The Hall–Kier alpha value is -1.04. The molecule has 2 aliphatic rings. The van der Waals surface area contributed by atoms with Crippen molar-refractivity contribution in [2.45, 2.75) is 38.3 Å². The van der Waals surface area contributed by atoms with Gasteiger partial charge >= 0.3 is 0 Å². The SMILES string of the molecule is Cc1c(C(=O)N2C3CCNCC2CC3)oc2ccc(Br)cc12.Cl. The second-order valence-corrected chi connectivity index (χ2v) is 7.20. The van der Waals surface area contributed by atoms with Crippen molar-refractivity contribution in [1.29, 1.82) is 0 Å². The Bertz CT molecular complexity index is 732. The number of nitrogens with one attached hydrogen (secondary N) is 1. The van der Waals surface area contributed by atoms with E-state index in [0.29, 0.717) is 17.8 Å². The Labute approximate surface area is 150 Å². The first kappa shape index (κ1) is 16.8. The first-order chi connectivity index (χ1) is 10.6. The average molecular weight is 400 g/mol. The number of nitrogens with zero attached hydrogens (tertiary/aromatic N) is 1. The van der Waals surface area contributed by atoms with Crippen molar-refractivity contribution in [3.63, 3.8) is 0 Å². The number of aryl methyl sites for hydroxylation is 1. The van der Waals surface area contributed by atoms with Gasteiger partial charge < -0.3 is 14.6 Å². The van der Waals surface area contributed by atoms with Crippen LogP contribution in [0.2, 0.25) is 0 Å². The third-order valence-electron chi connectivity index (χ3n) is 4.98. The normalized spacial score (nSPS) is 23.7. The molecule has 0 aliphatic carbocycles. The highest BCUT2D eigenvalue weighted by Gasteiger charge is 2.40. The molecule has 1 aromatic carbocycles. The largest absolute Gasteiger partial charge is 0.451 e. The van der Waals surface area contributed by atoms with Crippen LogP contribution in [-0.4, -0.2) is 36.0 Å². The molecule has 6 heteroatoms. The van der Waals surface area contributed by atoms with Crippen LogP contribution in [0.25, 0.3) is 11.0 Å². The Kier molecular flexibility index (Phi) is 4.72. The van der Waals surface area contributed by atoms with Gasteiger partial charge in [-0.25, -0.2) is 0 Å². The van der Waals surface area contributed by atoms with Gasteiger partial charge in [0.1, 0.15) is 5.58 Å². The fourth-order valence-corrected chi connectivity index (χ4v) is 4.19. The van der Waals surface area contributed by atoms with Gasteiger partial charge in [0.25, 0.3) is 5.91 Å². The van der Waals surface area contributed by atoms with Crippen LogP contribution < -0.4 is 5.32 Å². The summed E-state index contributed by atoms with van der Waals surface area (Å²) in [7, 11) is 0. The number of carbonyl (C=O) groups is 1. The van der Waals surface area contributed by atoms with Crippen molar-refractivity contribution in [3.8, 4) is 0 Å². The summed E-state index contributed by atoms with van der Waals surface area (Å²) in [5.41, 5.74) is 1.72. The standard InChI is InChI=1S/C17H19BrN2O2.ClH/c1-10-14-8-11(18)2-5-15(14)22-16(10)17(21)20-12-3-4-13(20)9-19-7-6-12;/h2,5,8,12-13,19H,3-4,6-7,9H2,1H3;1H. The van der Waals surface area contributed by atoms with Crippen LogP contribution in [-0.2, 0) is 0 Å². The number of halogens is 2. The number of furan rings is 1. The van der Waals surface area contributed by atoms with E-state index in [9.17, 15) is 4.79 Å². The molecule has 1 N–H and O–H groups in total. The first-order valence-electron chi connectivity index (χ1n) is 7.87. The second-order valence-electron chi connectivity index (χ2n) is 6.29. The molecule has 2 saturated heterocycles. The van der Waals surface area contributed by atoms with Crippen molar-refractivity contribution >= 4 is 45.2 Å². The molecule has 4 rings (SSSR count). The van der Waals surface area contributed by atoms with Crippen molar-refractivity contribution in [2.24, 2.45) is 0 Å². The Balaban J connectivity index is 0.00000156. The number of carbonyl (C=O) groups excluding carboxylic acids is 1. The van der Waals surface area contributed by atoms with Crippen molar-refractivity contribution < 1.29 is 9.21 Å². The van der Waals surface area contributed by atoms with Crippen molar-refractivity contribution in [2.75, 3.05) is 13.1 Å². The minimum absolute atomic E-state index is 0. The number of benzene rings is 1. The highest BCUT2D eigenvalue weighted by Crippen LogP contribution is 2.33. The lowest BCUT2D eigenvalue weighted by molar-refractivity contribution is 0.0649. The topological polar surface area (TPSA) is 45.5 Å². The molecule has 2 fully saturated rings. The molecule has 0 spiro atoms. The molecule has 1 aromatic heterocycles. The smallest absolute Gasteiger partial charge is 0.290 e. The molecule has 1 amide bonds. The van der Waals surface area contributed by atoms with Gasteiger partial charge in [-0.2, -0.15) is 0 Å². The zero-order valence-electron chi connectivity index (χ0n) is 13.0. The van der Waals surface area contributed by atoms with E-state index < -0.39 is 0 Å². The maximum atomic E-state index is 13.1. The van der Waals surface area contributed by atoms with Gasteiger partial charge in [-0.05, 0) is 50.9 Å². The maximum absolute atomic E-state index is 13.1. The third-order valence-corrected chi connectivity index (χ3v) is 5.47. The van der Waals surface area contributed by atoms with Crippen LogP contribution >= 0.6 is 28.3 Å². The zero-order valence-corrected chi connectivity index (χ0v) is 15.4.